The number of benzene rings is 2. The number of oxazole rings is 1. The van der Waals surface area contributed by atoms with Crippen molar-refractivity contribution < 1.29 is 9.21 Å². The first-order valence-electron chi connectivity index (χ1n) is 8.72. The van der Waals surface area contributed by atoms with Crippen molar-refractivity contribution in [3.05, 3.63) is 77.3 Å². The van der Waals surface area contributed by atoms with Crippen molar-refractivity contribution in [3.63, 3.8) is 0 Å². The summed E-state index contributed by atoms with van der Waals surface area (Å²) in [6, 6.07) is 17.6. The second kappa shape index (κ2) is 9.20. The summed E-state index contributed by atoms with van der Waals surface area (Å²) in [4.78, 5) is 16.2. The van der Waals surface area contributed by atoms with Crippen LogP contribution in [-0.4, -0.2) is 17.4 Å². The molecule has 0 saturated heterocycles. The Labute approximate surface area is 158 Å². The van der Waals surface area contributed by atoms with Gasteiger partial charge in [-0.1, -0.05) is 41.9 Å². The zero-order valence-corrected chi connectivity index (χ0v) is 15.2. The number of carbonyl (C=O) groups is 1. The van der Waals surface area contributed by atoms with E-state index in [9.17, 15) is 4.79 Å². The molecule has 0 atom stereocenters. The van der Waals surface area contributed by atoms with E-state index in [1.807, 2.05) is 42.5 Å². The zero-order valence-electron chi connectivity index (χ0n) is 14.5. The lowest BCUT2D eigenvalue weighted by atomic mass is 10.1. The lowest BCUT2D eigenvalue weighted by molar-refractivity contribution is -0.121. The SMILES string of the molecule is O=C(CCc1ncc(-c2ccc(Cl)cc2)o1)NCCCc1ccccc1. The van der Waals surface area contributed by atoms with Gasteiger partial charge in [0, 0.05) is 30.0 Å². The van der Waals surface area contributed by atoms with Gasteiger partial charge in [-0.3, -0.25) is 4.79 Å². The Morgan fingerprint density at radius 1 is 1.04 bits per heavy atom. The minimum Gasteiger partial charge on any atom is -0.441 e. The quantitative estimate of drug-likeness (QED) is 0.587. The molecule has 1 heterocycles. The number of rotatable bonds is 8. The van der Waals surface area contributed by atoms with E-state index in [4.69, 9.17) is 16.0 Å². The Hall–Kier alpha value is -2.59. The molecule has 2 aromatic carbocycles. The maximum absolute atomic E-state index is 11.9. The summed E-state index contributed by atoms with van der Waals surface area (Å²) in [6.45, 7) is 0.676. The van der Waals surface area contributed by atoms with Crippen molar-refractivity contribution in [1.82, 2.24) is 10.3 Å². The van der Waals surface area contributed by atoms with Gasteiger partial charge in [-0.25, -0.2) is 4.98 Å². The van der Waals surface area contributed by atoms with Crippen LogP contribution in [0.25, 0.3) is 11.3 Å². The van der Waals surface area contributed by atoms with Crippen LogP contribution in [0.5, 0.6) is 0 Å². The third-order valence-corrected chi connectivity index (χ3v) is 4.31. The number of aryl methyl sites for hydroxylation is 2. The van der Waals surface area contributed by atoms with E-state index in [0.29, 0.717) is 36.1 Å². The van der Waals surface area contributed by atoms with Crippen LogP contribution in [0.15, 0.2) is 65.2 Å². The molecule has 0 saturated carbocycles. The van der Waals surface area contributed by atoms with E-state index in [1.165, 1.54) is 5.56 Å². The molecule has 0 spiro atoms. The Bertz CT molecular complexity index is 829. The Morgan fingerprint density at radius 2 is 1.81 bits per heavy atom. The number of hydrogen-bond acceptors (Lipinski definition) is 3. The molecule has 3 rings (SSSR count). The number of hydrogen-bond donors (Lipinski definition) is 1. The van der Waals surface area contributed by atoms with Gasteiger partial charge in [-0.05, 0) is 42.7 Å². The number of amides is 1. The molecule has 0 radical (unpaired) electrons. The lowest BCUT2D eigenvalue weighted by Gasteiger charge is -2.04. The maximum atomic E-state index is 11.9. The third-order valence-electron chi connectivity index (χ3n) is 4.06. The van der Waals surface area contributed by atoms with Crippen molar-refractivity contribution in [3.8, 4) is 11.3 Å². The highest BCUT2D eigenvalue weighted by Gasteiger charge is 2.09. The minimum atomic E-state index is 0.0179. The maximum Gasteiger partial charge on any atom is 0.220 e. The standard InChI is InChI=1S/C21H21ClN2O2/c22-18-10-8-17(9-11-18)19-15-24-21(26-19)13-12-20(25)23-14-4-7-16-5-2-1-3-6-16/h1-3,5-6,8-11,15H,4,7,12-14H2,(H,23,25). The van der Waals surface area contributed by atoms with Crippen LogP contribution in [0.4, 0.5) is 0 Å². The summed E-state index contributed by atoms with van der Waals surface area (Å²) in [6.07, 6.45) is 4.42. The highest BCUT2D eigenvalue weighted by molar-refractivity contribution is 6.30. The molecule has 0 unspecified atom stereocenters. The average Bonchev–Trinajstić information content (AvgIpc) is 3.14. The molecule has 26 heavy (non-hydrogen) atoms. The second-order valence-electron chi connectivity index (χ2n) is 6.06. The molecular weight excluding hydrogens is 348 g/mol. The van der Waals surface area contributed by atoms with Crippen LogP contribution in [0.2, 0.25) is 5.02 Å². The van der Waals surface area contributed by atoms with Crippen LogP contribution >= 0.6 is 11.6 Å². The van der Waals surface area contributed by atoms with Crippen LogP contribution in [-0.2, 0) is 17.6 Å². The largest absolute Gasteiger partial charge is 0.441 e. The number of nitrogens with one attached hydrogen (secondary N) is 1. The summed E-state index contributed by atoms with van der Waals surface area (Å²) in [5.74, 6) is 1.26. The highest BCUT2D eigenvalue weighted by Crippen LogP contribution is 2.22. The number of halogens is 1. The summed E-state index contributed by atoms with van der Waals surface area (Å²) >= 11 is 5.89. The van der Waals surface area contributed by atoms with Gasteiger partial charge >= 0.3 is 0 Å². The van der Waals surface area contributed by atoms with E-state index in [1.54, 1.807) is 6.20 Å². The van der Waals surface area contributed by atoms with Crippen molar-refractivity contribution in [2.75, 3.05) is 6.54 Å². The molecule has 0 fully saturated rings. The van der Waals surface area contributed by atoms with E-state index in [-0.39, 0.29) is 5.91 Å². The molecule has 0 bridgehead atoms. The molecular formula is C21H21ClN2O2. The van der Waals surface area contributed by atoms with E-state index >= 15 is 0 Å². The number of nitrogens with zero attached hydrogens (tertiary/aromatic N) is 1. The second-order valence-corrected chi connectivity index (χ2v) is 6.50. The predicted molar refractivity (Wildman–Crippen MR) is 103 cm³/mol. The lowest BCUT2D eigenvalue weighted by Crippen LogP contribution is -2.25. The summed E-state index contributed by atoms with van der Waals surface area (Å²) < 4.78 is 5.71. The minimum absolute atomic E-state index is 0.0179. The monoisotopic (exact) mass is 368 g/mol. The molecule has 1 amide bonds. The fourth-order valence-electron chi connectivity index (χ4n) is 2.65. The van der Waals surface area contributed by atoms with Crippen molar-refractivity contribution in [1.29, 1.82) is 0 Å². The van der Waals surface area contributed by atoms with Crippen LogP contribution in [0, 0.1) is 0 Å². The fraction of sp³-hybridized carbons (Fsp3) is 0.238. The predicted octanol–water partition coefficient (Wildman–Crippen LogP) is 4.68. The molecule has 134 valence electrons. The van der Waals surface area contributed by atoms with E-state index < -0.39 is 0 Å². The third kappa shape index (κ3) is 5.46. The smallest absolute Gasteiger partial charge is 0.220 e. The molecule has 0 aliphatic heterocycles. The molecule has 4 nitrogen and oxygen atoms in total. The number of aromatic nitrogens is 1. The summed E-state index contributed by atoms with van der Waals surface area (Å²) in [5.41, 5.74) is 2.20. The molecule has 3 aromatic rings. The van der Waals surface area contributed by atoms with Gasteiger partial charge in [0.25, 0.3) is 0 Å². The van der Waals surface area contributed by atoms with Crippen LogP contribution in [0.1, 0.15) is 24.3 Å². The topological polar surface area (TPSA) is 55.1 Å². The first-order valence-corrected chi connectivity index (χ1v) is 9.10. The van der Waals surface area contributed by atoms with Gasteiger partial charge < -0.3 is 9.73 Å². The number of carbonyl (C=O) groups excluding carboxylic acids is 1. The van der Waals surface area contributed by atoms with Crippen LogP contribution < -0.4 is 5.32 Å². The van der Waals surface area contributed by atoms with E-state index in [2.05, 4.69) is 22.4 Å². The summed E-state index contributed by atoms with van der Waals surface area (Å²) in [7, 11) is 0. The first-order chi connectivity index (χ1) is 12.7. The van der Waals surface area contributed by atoms with Gasteiger partial charge in [0.15, 0.2) is 11.7 Å². The molecule has 0 aliphatic rings. The molecule has 1 aromatic heterocycles. The Morgan fingerprint density at radius 3 is 2.58 bits per heavy atom. The van der Waals surface area contributed by atoms with Crippen LogP contribution in [0.3, 0.4) is 0 Å². The first kappa shape index (κ1) is 18.2. The Kier molecular flexibility index (Phi) is 6.45. The van der Waals surface area contributed by atoms with Gasteiger partial charge in [-0.15, -0.1) is 0 Å². The van der Waals surface area contributed by atoms with Crippen molar-refractivity contribution >= 4 is 17.5 Å². The zero-order chi connectivity index (χ0) is 18.2. The van der Waals surface area contributed by atoms with Gasteiger partial charge in [0.05, 0.1) is 6.20 Å². The normalized spacial score (nSPS) is 10.7. The highest BCUT2D eigenvalue weighted by atomic mass is 35.5. The Balaban J connectivity index is 1.38. The fourth-order valence-corrected chi connectivity index (χ4v) is 2.77. The van der Waals surface area contributed by atoms with Gasteiger partial charge in [-0.2, -0.15) is 0 Å². The van der Waals surface area contributed by atoms with Gasteiger partial charge in [0.2, 0.25) is 5.91 Å². The molecule has 1 N–H and O–H groups in total. The van der Waals surface area contributed by atoms with E-state index in [0.717, 1.165) is 18.4 Å². The van der Waals surface area contributed by atoms with Crippen molar-refractivity contribution in [2.24, 2.45) is 0 Å². The molecule has 0 aliphatic carbocycles. The summed E-state index contributed by atoms with van der Waals surface area (Å²) in [5, 5.41) is 3.62. The molecule has 5 heteroatoms. The average molecular weight is 369 g/mol. The van der Waals surface area contributed by atoms with Crippen molar-refractivity contribution in [2.45, 2.75) is 25.7 Å². The van der Waals surface area contributed by atoms with Gasteiger partial charge in [0.1, 0.15) is 0 Å².